The van der Waals surface area contributed by atoms with Crippen molar-refractivity contribution in [3.05, 3.63) is 29.8 Å². The zero-order chi connectivity index (χ0) is 9.19. The second-order valence-corrected chi connectivity index (χ2v) is 4.68. The lowest BCUT2D eigenvalue weighted by atomic mass is 10.2. The Kier molecular flexibility index (Phi) is 2.78. The SMILES string of the molecule is Cc1ccccc1OP(=O)(O)Cl. The molecule has 1 unspecified atom stereocenters. The topological polar surface area (TPSA) is 46.5 Å². The Hall–Kier alpha value is -0.500. The lowest BCUT2D eigenvalue weighted by molar-refractivity contribution is 0.400. The van der Waals surface area contributed by atoms with Gasteiger partial charge in [-0.15, -0.1) is 0 Å². The first kappa shape index (κ1) is 9.59. The molecule has 0 spiro atoms. The van der Waals surface area contributed by atoms with Crippen molar-refractivity contribution in [1.82, 2.24) is 0 Å². The van der Waals surface area contributed by atoms with E-state index in [0.29, 0.717) is 5.75 Å². The predicted octanol–water partition coefficient (Wildman–Crippen LogP) is 2.71. The van der Waals surface area contributed by atoms with Crippen molar-refractivity contribution in [2.75, 3.05) is 0 Å². The van der Waals surface area contributed by atoms with Gasteiger partial charge < -0.3 is 9.42 Å². The zero-order valence-electron chi connectivity index (χ0n) is 6.40. The van der Waals surface area contributed by atoms with Crippen LogP contribution in [-0.2, 0) is 4.57 Å². The van der Waals surface area contributed by atoms with Crippen LogP contribution in [0.1, 0.15) is 5.56 Å². The van der Waals surface area contributed by atoms with E-state index in [2.05, 4.69) is 4.52 Å². The van der Waals surface area contributed by atoms with Gasteiger partial charge >= 0.3 is 6.95 Å². The number of hydrogen-bond acceptors (Lipinski definition) is 2. The van der Waals surface area contributed by atoms with Crippen LogP contribution in [0.3, 0.4) is 0 Å². The first-order chi connectivity index (χ1) is 5.49. The van der Waals surface area contributed by atoms with Crippen LogP contribution in [0.4, 0.5) is 0 Å². The van der Waals surface area contributed by atoms with E-state index in [4.69, 9.17) is 16.1 Å². The molecule has 0 fully saturated rings. The summed E-state index contributed by atoms with van der Waals surface area (Å²) in [5.74, 6) is 0.332. The molecule has 0 saturated heterocycles. The summed E-state index contributed by atoms with van der Waals surface area (Å²) in [4.78, 5) is 8.69. The van der Waals surface area contributed by atoms with E-state index in [1.165, 1.54) is 0 Å². The predicted molar refractivity (Wildman–Crippen MR) is 47.5 cm³/mol. The molecule has 0 heterocycles. The highest BCUT2D eigenvalue weighted by molar-refractivity contribution is 7.80. The van der Waals surface area contributed by atoms with Gasteiger partial charge in [0, 0.05) is 11.2 Å². The van der Waals surface area contributed by atoms with Crippen molar-refractivity contribution < 1.29 is 14.0 Å². The van der Waals surface area contributed by atoms with Crippen LogP contribution >= 0.6 is 18.2 Å². The molecule has 0 aromatic heterocycles. The van der Waals surface area contributed by atoms with Gasteiger partial charge in [0.25, 0.3) is 0 Å². The summed E-state index contributed by atoms with van der Waals surface area (Å²) in [6.45, 7) is -2.18. The molecule has 0 bridgehead atoms. The number of hydrogen-bond donors (Lipinski definition) is 1. The summed E-state index contributed by atoms with van der Waals surface area (Å²) in [6, 6.07) is 6.86. The molecule has 1 atom stereocenters. The maximum Gasteiger partial charge on any atom is 0.474 e. The van der Waals surface area contributed by atoms with Crippen LogP contribution in [0.2, 0.25) is 0 Å². The average Bonchev–Trinajstić information content (AvgIpc) is 1.91. The summed E-state index contributed by atoms with van der Waals surface area (Å²) in [6.07, 6.45) is 0. The monoisotopic (exact) mass is 206 g/mol. The zero-order valence-corrected chi connectivity index (χ0v) is 8.05. The van der Waals surface area contributed by atoms with E-state index in [9.17, 15) is 4.57 Å². The molecular weight excluding hydrogens is 199 g/mol. The van der Waals surface area contributed by atoms with Gasteiger partial charge in [0.05, 0.1) is 0 Å². The van der Waals surface area contributed by atoms with Crippen LogP contribution in [-0.4, -0.2) is 4.89 Å². The second kappa shape index (κ2) is 3.48. The highest BCUT2D eigenvalue weighted by Gasteiger charge is 2.16. The first-order valence-electron chi connectivity index (χ1n) is 3.27. The normalized spacial score (nSPS) is 15.2. The van der Waals surface area contributed by atoms with Gasteiger partial charge in [-0.1, -0.05) is 18.2 Å². The van der Waals surface area contributed by atoms with Crippen LogP contribution < -0.4 is 4.52 Å². The van der Waals surface area contributed by atoms with Crippen molar-refractivity contribution in [3.63, 3.8) is 0 Å². The Labute approximate surface area is 75.3 Å². The minimum atomic E-state index is -3.94. The van der Waals surface area contributed by atoms with E-state index in [0.717, 1.165) is 5.56 Å². The fourth-order valence-electron chi connectivity index (χ4n) is 0.780. The Morgan fingerprint density at radius 2 is 2.08 bits per heavy atom. The van der Waals surface area contributed by atoms with E-state index >= 15 is 0 Å². The summed E-state index contributed by atoms with van der Waals surface area (Å²) in [7, 11) is 0. The Bertz CT molecular complexity index is 320. The standard InChI is InChI=1S/C7H8ClO3P/c1-6-4-2-3-5-7(6)11-12(8,9)10/h2-5H,1H3,(H,9,10). The maximum atomic E-state index is 10.6. The van der Waals surface area contributed by atoms with Gasteiger partial charge in [0.15, 0.2) is 0 Å². The third kappa shape index (κ3) is 2.86. The van der Waals surface area contributed by atoms with Crippen LogP contribution in [0, 0.1) is 6.92 Å². The number of para-hydroxylation sites is 1. The largest absolute Gasteiger partial charge is 0.474 e. The maximum absolute atomic E-state index is 10.6. The van der Waals surface area contributed by atoms with Gasteiger partial charge in [-0.25, -0.2) is 4.57 Å². The van der Waals surface area contributed by atoms with E-state index in [1.54, 1.807) is 31.2 Å². The first-order valence-corrected chi connectivity index (χ1v) is 5.75. The average molecular weight is 207 g/mol. The molecule has 0 aliphatic rings. The molecule has 5 heteroatoms. The quantitative estimate of drug-likeness (QED) is 0.757. The molecule has 1 aromatic carbocycles. The molecule has 66 valence electrons. The van der Waals surface area contributed by atoms with Crippen molar-refractivity contribution in [2.24, 2.45) is 0 Å². The molecule has 0 aliphatic heterocycles. The van der Waals surface area contributed by atoms with Gasteiger partial charge in [0.1, 0.15) is 5.75 Å². The van der Waals surface area contributed by atoms with E-state index in [-0.39, 0.29) is 0 Å². The number of benzene rings is 1. The molecular formula is C7H8ClO3P. The van der Waals surface area contributed by atoms with Crippen molar-refractivity contribution >= 4 is 18.2 Å². The Morgan fingerprint density at radius 3 is 2.58 bits per heavy atom. The second-order valence-electron chi connectivity index (χ2n) is 2.31. The minimum Gasteiger partial charge on any atom is -0.413 e. The Balaban J connectivity index is 2.90. The van der Waals surface area contributed by atoms with Crippen molar-refractivity contribution in [1.29, 1.82) is 0 Å². The van der Waals surface area contributed by atoms with Gasteiger partial charge in [-0.05, 0) is 18.6 Å². The molecule has 0 radical (unpaired) electrons. The smallest absolute Gasteiger partial charge is 0.413 e. The van der Waals surface area contributed by atoms with Crippen LogP contribution in [0.5, 0.6) is 5.75 Å². The molecule has 0 amide bonds. The minimum absolute atomic E-state index is 0.332. The number of aryl methyl sites for hydroxylation is 1. The highest BCUT2D eigenvalue weighted by atomic mass is 35.7. The van der Waals surface area contributed by atoms with Crippen molar-refractivity contribution in [2.45, 2.75) is 6.92 Å². The molecule has 1 rings (SSSR count). The molecule has 1 aromatic rings. The Morgan fingerprint density at radius 1 is 1.50 bits per heavy atom. The van der Waals surface area contributed by atoms with Gasteiger partial charge in [0.2, 0.25) is 0 Å². The number of halogens is 1. The molecule has 0 aliphatic carbocycles. The van der Waals surface area contributed by atoms with E-state index in [1.807, 2.05) is 0 Å². The van der Waals surface area contributed by atoms with Crippen LogP contribution in [0.15, 0.2) is 24.3 Å². The summed E-state index contributed by atoms with van der Waals surface area (Å²) in [5, 5.41) is 0. The van der Waals surface area contributed by atoms with Gasteiger partial charge in [-0.2, -0.15) is 0 Å². The number of rotatable bonds is 2. The summed E-state index contributed by atoms with van der Waals surface area (Å²) in [5.41, 5.74) is 0.771. The lowest BCUT2D eigenvalue weighted by Gasteiger charge is -2.07. The van der Waals surface area contributed by atoms with Crippen LogP contribution in [0.25, 0.3) is 0 Å². The highest BCUT2D eigenvalue weighted by Crippen LogP contribution is 2.48. The van der Waals surface area contributed by atoms with Gasteiger partial charge in [-0.3, -0.25) is 0 Å². The van der Waals surface area contributed by atoms with Crippen molar-refractivity contribution in [3.8, 4) is 5.75 Å². The fraction of sp³-hybridized carbons (Fsp3) is 0.143. The third-order valence-electron chi connectivity index (χ3n) is 1.30. The fourth-order valence-corrected chi connectivity index (χ4v) is 1.45. The summed E-state index contributed by atoms with van der Waals surface area (Å²) < 4.78 is 15.2. The lowest BCUT2D eigenvalue weighted by Crippen LogP contribution is -1.87. The molecule has 12 heavy (non-hydrogen) atoms. The molecule has 0 saturated carbocycles. The summed E-state index contributed by atoms with van der Waals surface area (Å²) >= 11 is 5.03. The molecule has 1 N–H and O–H groups in total. The van der Waals surface area contributed by atoms with E-state index < -0.39 is 6.95 Å². The molecule has 3 nitrogen and oxygen atoms in total. The third-order valence-corrected chi connectivity index (χ3v) is 1.93.